The molecule has 6 heteroatoms. The van der Waals surface area contributed by atoms with Gasteiger partial charge in [0.15, 0.2) is 16.6 Å². The number of nitrogens with zero attached hydrogens (tertiary/aromatic N) is 1. The van der Waals surface area contributed by atoms with Gasteiger partial charge in [0.1, 0.15) is 6.61 Å². The quantitative estimate of drug-likeness (QED) is 0.484. The van der Waals surface area contributed by atoms with Gasteiger partial charge in [-0.3, -0.25) is 5.43 Å². The van der Waals surface area contributed by atoms with Gasteiger partial charge < -0.3 is 15.2 Å². The predicted octanol–water partition coefficient (Wildman–Crippen LogP) is 2.75. The predicted molar refractivity (Wildman–Crippen MR) is 96.0 cm³/mol. The number of benzene rings is 2. The molecule has 120 valence electrons. The van der Waals surface area contributed by atoms with E-state index in [1.165, 1.54) is 5.56 Å². The minimum atomic E-state index is 0.116. The molecular formula is C17H19N3O2S. The van der Waals surface area contributed by atoms with Crippen molar-refractivity contribution in [3.8, 4) is 11.5 Å². The van der Waals surface area contributed by atoms with Crippen molar-refractivity contribution in [2.75, 3.05) is 7.11 Å². The van der Waals surface area contributed by atoms with Gasteiger partial charge >= 0.3 is 0 Å². The van der Waals surface area contributed by atoms with Gasteiger partial charge in [-0.1, -0.05) is 29.8 Å². The van der Waals surface area contributed by atoms with Crippen LogP contribution in [0.25, 0.3) is 0 Å². The van der Waals surface area contributed by atoms with Gasteiger partial charge in [-0.15, -0.1) is 0 Å². The molecule has 2 rings (SSSR count). The Morgan fingerprint density at radius 2 is 1.96 bits per heavy atom. The Morgan fingerprint density at radius 1 is 1.22 bits per heavy atom. The summed E-state index contributed by atoms with van der Waals surface area (Å²) in [6.45, 7) is 2.51. The van der Waals surface area contributed by atoms with Crippen LogP contribution in [-0.4, -0.2) is 18.4 Å². The van der Waals surface area contributed by atoms with Gasteiger partial charge in [-0.05, 0) is 48.5 Å². The molecule has 0 unspecified atom stereocenters. The summed E-state index contributed by atoms with van der Waals surface area (Å²) in [5.74, 6) is 1.31. The Labute approximate surface area is 141 Å². The van der Waals surface area contributed by atoms with Crippen molar-refractivity contribution in [3.05, 3.63) is 59.2 Å². The Hall–Kier alpha value is -2.60. The maximum Gasteiger partial charge on any atom is 0.184 e. The number of rotatable bonds is 6. The van der Waals surface area contributed by atoms with Crippen LogP contribution in [-0.2, 0) is 6.61 Å². The van der Waals surface area contributed by atoms with Gasteiger partial charge in [0.05, 0.1) is 13.3 Å². The standard InChI is InChI=1S/C17H19N3O2S/c1-12-3-5-13(6-4-12)11-22-16-9-14(7-8-15(16)21-2)10-19-20-17(18)23/h3-10H,11H2,1-2H3,(H3,18,20,23). The summed E-state index contributed by atoms with van der Waals surface area (Å²) in [5, 5.41) is 4.04. The summed E-state index contributed by atoms with van der Waals surface area (Å²) < 4.78 is 11.2. The molecule has 0 atom stereocenters. The number of hydrogen-bond donors (Lipinski definition) is 2. The van der Waals surface area contributed by atoms with Crippen LogP contribution in [0.3, 0.4) is 0 Å². The second kappa shape index (κ2) is 8.14. The maximum atomic E-state index is 5.86. The number of hydrogen-bond acceptors (Lipinski definition) is 4. The lowest BCUT2D eigenvalue weighted by Crippen LogP contribution is -2.23. The van der Waals surface area contributed by atoms with Crippen LogP contribution in [0, 0.1) is 6.92 Å². The molecule has 0 aliphatic carbocycles. The smallest absolute Gasteiger partial charge is 0.184 e. The first-order chi connectivity index (χ1) is 11.1. The molecule has 0 aliphatic rings. The van der Waals surface area contributed by atoms with E-state index in [0.717, 1.165) is 11.1 Å². The summed E-state index contributed by atoms with van der Waals surface area (Å²) in [7, 11) is 1.61. The highest BCUT2D eigenvalue weighted by molar-refractivity contribution is 7.80. The zero-order valence-corrected chi connectivity index (χ0v) is 13.9. The third-order valence-corrected chi connectivity index (χ3v) is 3.18. The van der Waals surface area contributed by atoms with E-state index in [0.29, 0.717) is 18.1 Å². The molecule has 2 aromatic carbocycles. The largest absolute Gasteiger partial charge is 0.493 e. The third kappa shape index (κ3) is 5.27. The first-order valence-electron chi connectivity index (χ1n) is 7.03. The number of nitrogens with one attached hydrogen (secondary N) is 1. The van der Waals surface area contributed by atoms with E-state index in [4.69, 9.17) is 15.2 Å². The number of nitrogens with two attached hydrogens (primary N) is 1. The molecule has 0 bridgehead atoms. The number of thiocarbonyl (C=S) groups is 1. The highest BCUT2D eigenvalue weighted by atomic mass is 32.1. The van der Waals surface area contributed by atoms with Crippen molar-refractivity contribution in [1.29, 1.82) is 0 Å². The van der Waals surface area contributed by atoms with Crippen molar-refractivity contribution >= 4 is 23.5 Å². The van der Waals surface area contributed by atoms with Crippen LogP contribution < -0.4 is 20.6 Å². The second-order valence-electron chi connectivity index (χ2n) is 4.92. The van der Waals surface area contributed by atoms with Gasteiger partial charge in [-0.25, -0.2) is 0 Å². The van der Waals surface area contributed by atoms with E-state index in [-0.39, 0.29) is 5.11 Å². The molecule has 23 heavy (non-hydrogen) atoms. The highest BCUT2D eigenvalue weighted by Crippen LogP contribution is 2.28. The van der Waals surface area contributed by atoms with Crippen molar-refractivity contribution in [3.63, 3.8) is 0 Å². The molecule has 0 heterocycles. The van der Waals surface area contributed by atoms with Crippen LogP contribution in [0.15, 0.2) is 47.6 Å². The first kappa shape index (κ1) is 16.8. The lowest BCUT2D eigenvalue weighted by molar-refractivity contribution is 0.284. The summed E-state index contributed by atoms with van der Waals surface area (Å²) >= 11 is 4.69. The zero-order chi connectivity index (χ0) is 16.7. The molecule has 0 saturated carbocycles. The Morgan fingerprint density at radius 3 is 2.61 bits per heavy atom. The summed E-state index contributed by atoms with van der Waals surface area (Å²) in [5.41, 5.74) is 11.0. The number of ether oxygens (including phenoxy) is 2. The summed E-state index contributed by atoms with van der Waals surface area (Å²) in [6, 6.07) is 13.7. The molecule has 0 amide bonds. The van der Waals surface area contributed by atoms with E-state index in [9.17, 15) is 0 Å². The van der Waals surface area contributed by atoms with E-state index < -0.39 is 0 Å². The molecule has 0 radical (unpaired) electrons. The van der Waals surface area contributed by atoms with E-state index >= 15 is 0 Å². The first-order valence-corrected chi connectivity index (χ1v) is 7.44. The fourth-order valence-corrected chi connectivity index (χ4v) is 1.95. The molecule has 0 aliphatic heterocycles. The van der Waals surface area contributed by atoms with Crippen LogP contribution in [0.4, 0.5) is 0 Å². The van der Waals surface area contributed by atoms with Crippen LogP contribution >= 0.6 is 12.2 Å². The minimum Gasteiger partial charge on any atom is -0.493 e. The molecule has 0 fully saturated rings. The van der Waals surface area contributed by atoms with Crippen molar-refractivity contribution < 1.29 is 9.47 Å². The maximum absolute atomic E-state index is 5.86. The normalized spacial score (nSPS) is 10.5. The van der Waals surface area contributed by atoms with Gasteiger partial charge in [0.25, 0.3) is 0 Å². The average molecular weight is 329 g/mol. The fourth-order valence-electron chi connectivity index (χ4n) is 1.90. The Kier molecular flexibility index (Phi) is 5.94. The monoisotopic (exact) mass is 329 g/mol. The SMILES string of the molecule is COc1ccc(C=NNC(N)=S)cc1OCc1ccc(C)cc1. The third-order valence-electron chi connectivity index (χ3n) is 3.09. The molecule has 0 saturated heterocycles. The Balaban J connectivity index is 2.10. The lowest BCUT2D eigenvalue weighted by Gasteiger charge is -2.11. The molecule has 0 aromatic heterocycles. The number of hydrazone groups is 1. The second-order valence-corrected chi connectivity index (χ2v) is 5.36. The van der Waals surface area contributed by atoms with E-state index in [2.05, 4.69) is 41.8 Å². The summed E-state index contributed by atoms with van der Waals surface area (Å²) in [4.78, 5) is 0. The lowest BCUT2D eigenvalue weighted by atomic mass is 10.1. The van der Waals surface area contributed by atoms with Crippen molar-refractivity contribution in [1.82, 2.24) is 5.43 Å². The van der Waals surface area contributed by atoms with E-state index in [1.807, 2.05) is 30.3 Å². The Bertz CT molecular complexity index is 699. The van der Waals surface area contributed by atoms with Crippen LogP contribution in [0.2, 0.25) is 0 Å². The minimum absolute atomic E-state index is 0.116. The average Bonchev–Trinajstić information content (AvgIpc) is 2.54. The zero-order valence-electron chi connectivity index (χ0n) is 13.1. The van der Waals surface area contributed by atoms with Crippen LogP contribution in [0.5, 0.6) is 11.5 Å². The number of aryl methyl sites for hydroxylation is 1. The van der Waals surface area contributed by atoms with Crippen molar-refractivity contribution in [2.45, 2.75) is 13.5 Å². The van der Waals surface area contributed by atoms with Gasteiger partial charge in [0.2, 0.25) is 0 Å². The molecule has 3 N–H and O–H groups in total. The highest BCUT2D eigenvalue weighted by Gasteiger charge is 2.06. The molecule has 2 aromatic rings. The van der Waals surface area contributed by atoms with Gasteiger partial charge in [-0.2, -0.15) is 5.10 Å². The van der Waals surface area contributed by atoms with Crippen LogP contribution in [0.1, 0.15) is 16.7 Å². The fraction of sp³-hybridized carbons (Fsp3) is 0.176. The summed E-state index contributed by atoms with van der Waals surface area (Å²) in [6.07, 6.45) is 1.61. The van der Waals surface area contributed by atoms with Gasteiger partial charge in [0, 0.05) is 0 Å². The molecular weight excluding hydrogens is 310 g/mol. The molecule has 5 nitrogen and oxygen atoms in total. The molecule has 0 spiro atoms. The van der Waals surface area contributed by atoms with E-state index in [1.54, 1.807) is 13.3 Å². The number of methoxy groups -OCH3 is 1. The van der Waals surface area contributed by atoms with Crippen molar-refractivity contribution in [2.24, 2.45) is 10.8 Å². The topological polar surface area (TPSA) is 68.9 Å².